The number of nitrogens with one attached hydrogen (secondary N) is 1. The van der Waals surface area contributed by atoms with Gasteiger partial charge in [-0.3, -0.25) is 9.69 Å². The number of ether oxygens (including phenoxy) is 1. The van der Waals surface area contributed by atoms with Crippen molar-refractivity contribution in [3.8, 4) is 0 Å². The van der Waals surface area contributed by atoms with Crippen LogP contribution in [0.4, 0.5) is 0 Å². The molecule has 1 amide bonds. The molecular weight excluding hydrogens is 230 g/mol. The van der Waals surface area contributed by atoms with Crippen LogP contribution in [0, 0.1) is 0 Å². The molecule has 0 radical (unpaired) electrons. The highest BCUT2D eigenvalue weighted by molar-refractivity contribution is 5.78. The number of hydrogen-bond acceptors (Lipinski definition) is 4. The molecule has 2 aliphatic rings. The van der Waals surface area contributed by atoms with E-state index in [9.17, 15) is 4.79 Å². The highest BCUT2D eigenvalue weighted by Gasteiger charge is 2.23. The molecule has 0 aromatic heterocycles. The van der Waals surface area contributed by atoms with Gasteiger partial charge in [-0.1, -0.05) is 0 Å². The Morgan fingerprint density at radius 1 is 1.28 bits per heavy atom. The van der Waals surface area contributed by atoms with Crippen molar-refractivity contribution in [2.24, 2.45) is 0 Å². The van der Waals surface area contributed by atoms with Crippen LogP contribution in [0.25, 0.3) is 0 Å². The van der Waals surface area contributed by atoms with Gasteiger partial charge >= 0.3 is 0 Å². The van der Waals surface area contributed by atoms with E-state index >= 15 is 0 Å². The Morgan fingerprint density at radius 3 is 2.83 bits per heavy atom. The number of nitrogens with zero attached hydrogens (tertiary/aromatic N) is 2. The first-order valence-corrected chi connectivity index (χ1v) is 7.02. The Balaban J connectivity index is 1.68. The molecule has 1 aliphatic heterocycles. The predicted molar refractivity (Wildman–Crippen MR) is 70.5 cm³/mol. The molecular formula is C13H25N3O2. The normalized spacial score (nSPS) is 21.9. The molecule has 0 aromatic carbocycles. The Labute approximate surface area is 109 Å². The quantitative estimate of drug-likeness (QED) is 0.721. The van der Waals surface area contributed by atoms with Gasteiger partial charge in [-0.2, -0.15) is 0 Å². The molecule has 2 rings (SSSR count). The SMILES string of the molecule is COCCN1CCCN(C(=O)CNC2CC2)CC1. The summed E-state index contributed by atoms with van der Waals surface area (Å²) in [5.41, 5.74) is 0. The van der Waals surface area contributed by atoms with Crippen molar-refractivity contribution in [3.05, 3.63) is 0 Å². The second-order valence-corrected chi connectivity index (χ2v) is 5.22. The Hall–Kier alpha value is -0.650. The van der Waals surface area contributed by atoms with Crippen LogP contribution >= 0.6 is 0 Å². The van der Waals surface area contributed by atoms with Gasteiger partial charge in [0.25, 0.3) is 0 Å². The summed E-state index contributed by atoms with van der Waals surface area (Å²) in [6.45, 7) is 6.06. The van der Waals surface area contributed by atoms with E-state index in [1.54, 1.807) is 7.11 Å². The first-order valence-electron chi connectivity index (χ1n) is 7.02. The third-order valence-corrected chi connectivity index (χ3v) is 3.67. The summed E-state index contributed by atoms with van der Waals surface area (Å²) in [6.07, 6.45) is 3.54. The van der Waals surface area contributed by atoms with Gasteiger partial charge in [-0.05, 0) is 25.8 Å². The van der Waals surface area contributed by atoms with Crippen LogP contribution in [0.15, 0.2) is 0 Å². The molecule has 18 heavy (non-hydrogen) atoms. The maximum absolute atomic E-state index is 12.0. The predicted octanol–water partition coefficient (Wildman–Crippen LogP) is -0.0809. The summed E-state index contributed by atoms with van der Waals surface area (Å²) in [5, 5.41) is 3.29. The van der Waals surface area contributed by atoms with Crippen LogP contribution in [0.1, 0.15) is 19.3 Å². The van der Waals surface area contributed by atoms with Crippen LogP contribution in [-0.4, -0.2) is 74.7 Å². The lowest BCUT2D eigenvalue weighted by atomic mass is 10.3. The summed E-state index contributed by atoms with van der Waals surface area (Å²) in [7, 11) is 1.73. The van der Waals surface area contributed by atoms with Crippen LogP contribution in [-0.2, 0) is 9.53 Å². The summed E-state index contributed by atoms with van der Waals surface area (Å²) in [6, 6.07) is 0.610. The third-order valence-electron chi connectivity index (χ3n) is 3.67. The number of rotatable bonds is 6. The fraction of sp³-hybridized carbons (Fsp3) is 0.923. The summed E-state index contributed by atoms with van der Waals surface area (Å²) in [4.78, 5) is 16.4. The topological polar surface area (TPSA) is 44.8 Å². The third kappa shape index (κ3) is 4.55. The van der Waals surface area contributed by atoms with Crippen LogP contribution in [0.3, 0.4) is 0 Å². The molecule has 2 fully saturated rings. The highest BCUT2D eigenvalue weighted by atomic mass is 16.5. The molecule has 1 saturated carbocycles. The number of hydrogen-bond donors (Lipinski definition) is 1. The van der Waals surface area contributed by atoms with E-state index < -0.39 is 0 Å². The molecule has 1 N–H and O–H groups in total. The van der Waals surface area contributed by atoms with Crippen molar-refractivity contribution < 1.29 is 9.53 Å². The second kappa shape index (κ2) is 7.07. The summed E-state index contributed by atoms with van der Waals surface area (Å²) in [5.74, 6) is 0.260. The maximum Gasteiger partial charge on any atom is 0.236 e. The summed E-state index contributed by atoms with van der Waals surface area (Å²) < 4.78 is 5.10. The minimum Gasteiger partial charge on any atom is -0.383 e. The van der Waals surface area contributed by atoms with Crippen molar-refractivity contribution in [1.29, 1.82) is 0 Å². The zero-order valence-corrected chi connectivity index (χ0v) is 11.4. The van der Waals surface area contributed by atoms with Crippen molar-refractivity contribution >= 4 is 5.91 Å². The fourth-order valence-electron chi connectivity index (χ4n) is 2.30. The molecule has 0 unspecified atom stereocenters. The molecule has 1 saturated heterocycles. The van der Waals surface area contributed by atoms with Gasteiger partial charge in [0.05, 0.1) is 13.2 Å². The standard InChI is InChI=1S/C13H25N3O2/c1-18-10-9-15-5-2-6-16(8-7-15)13(17)11-14-12-3-4-12/h12,14H,2-11H2,1H3. The highest BCUT2D eigenvalue weighted by Crippen LogP contribution is 2.18. The Morgan fingerprint density at radius 2 is 2.11 bits per heavy atom. The van der Waals surface area contributed by atoms with Gasteiger partial charge in [0, 0.05) is 39.3 Å². The Kier molecular flexibility index (Phi) is 5.41. The fourth-order valence-corrected chi connectivity index (χ4v) is 2.30. The first-order chi connectivity index (χ1) is 8.79. The number of carbonyl (C=O) groups excluding carboxylic acids is 1. The Bertz CT molecular complexity index is 269. The molecule has 0 aromatic rings. The zero-order valence-electron chi connectivity index (χ0n) is 11.4. The lowest BCUT2D eigenvalue weighted by molar-refractivity contribution is -0.130. The van der Waals surface area contributed by atoms with Gasteiger partial charge in [-0.25, -0.2) is 0 Å². The molecule has 5 heteroatoms. The molecule has 5 nitrogen and oxygen atoms in total. The molecule has 1 heterocycles. The smallest absolute Gasteiger partial charge is 0.236 e. The van der Waals surface area contributed by atoms with Crippen molar-refractivity contribution in [1.82, 2.24) is 15.1 Å². The van der Waals surface area contributed by atoms with E-state index in [-0.39, 0.29) is 5.91 Å². The largest absolute Gasteiger partial charge is 0.383 e. The van der Waals surface area contributed by atoms with E-state index in [0.717, 1.165) is 45.8 Å². The number of amides is 1. The molecule has 1 aliphatic carbocycles. The van der Waals surface area contributed by atoms with Crippen molar-refractivity contribution in [2.75, 3.05) is 53.0 Å². The van der Waals surface area contributed by atoms with Crippen LogP contribution in [0.5, 0.6) is 0 Å². The molecule has 0 spiro atoms. The van der Waals surface area contributed by atoms with Gasteiger partial charge in [0.2, 0.25) is 5.91 Å². The van der Waals surface area contributed by atoms with Gasteiger partial charge in [0.1, 0.15) is 0 Å². The van der Waals surface area contributed by atoms with E-state index in [0.29, 0.717) is 12.6 Å². The average molecular weight is 255 g/mol. The molecule has 104 valence electrons. The van der Waals surface area contributed by atoms with Crippen LogP contribution in [0.2, 0.25) is 0 Å². The lowest BCUT2D eigenvalue weighted by Crippen LogP contribution is -2.41. The van der Waals surface area contributed by atoms with Gasteiger partial charge in [0.15, 0.2) is 0 Å². The van der Waals surface area contributed by atoms with E-state index in [4.69, 9.17) is 4.74 Å². The molecule has 0 bridgehead atoms. The minimum atomic E-state index is 0.260. The van der Waals surface area contributed by atoms with Crippen molar-refractivity contribution in [2.45, 2.75) is 25.3 Å². The van der Waals surface area contributed by atoms with Gasteiger partial charge < -0.3 is 15.0 Å². The van der Waals surface area contributed by atoms with Gasteiger partial charge in [-0.15, -0.1) is 0 Å². The second-order valence-electron chi connectivity index (χ2n) is 5.22. The first kappa shape index (κ1) is 13.8. The van der Waals surface area contributed by atoms with Crippen LogP contribution < -0.4 is 5.32 Å². The number of carbonyl (C=O) groups is 1. The summed E-state index contributed by atoms with van der Waals surface area (Å²) >= 11 is 0. The number of methoxy groups -OCH3 is 1. The maximum atomic E-state index is 12.0. The van der Waals surface area contributed by atoms with E-state index in [2.05, 4.69) is 10.2 Å². The van der Waals surface area contributed by atoms with Crippen molar-refractivity contribution in [3.63, 3.8) is 0 Å². The lowest BCUT2D eigenvalue weighted by Gasteiger charge is -2.22. The monoisotopic (exact) mass is 255 g/mol. The van der Waals surface area contributed by atoms with E-state index in [1.807, 2.05) is 4.90 Å². The zero-order chi connectivity index (χ0) is 12.8. The van der Waals surface area contributed by atoms with E-state index in [1.165, 1.54) is 12.8 Å². The molecule has 0 atom stereocenters. The average Bonchev–Trinajstić information content (AvgIpc) is 3.20. The minimum absolute atomic E-state index is 0.260.